The van der Waals surface area contributed by atoms with E-state index in [0.717, 1.165) is 22.5 Å². The highest BCUT2D eigenvalue weighted by Crippen LogP contribution is 2.25. The molecule has 0 aliphatic rings. The van der Waals surface area contributed by atoms with Crippen molar-refractivity contribution in [2.75, 3.05) is 0 Å². The standard InChI is InChI=1S/C24H24N6O4S/c1-14-6-5-7-17(12-14)13-28-22(31)20-21(27(4)24(28)32)26-23-29(15(2)16(3)30(20)23)18-8-10-19(11-9-18)35(25,33)34/h5-12H,13H2,1-4H3,(H2,25,33,34). The second-order valence-corrected chi connectivity index (χ2v) is 10.2. The first-order valence-electron chi connectivity index (χ1n) is 10.9. The lowest BCUT2D eigenvalue weighted by molar-refractivity contribution is 0.598. The fourth-order valence-electron chi connectivity index (χ4n) is 4.48. The van der Waals surface area contributed by atoms with E-state index in [9.17, 15) is 18.0 Å². The molecule has 2 aromatic carbocycles. The van der Waals surface area contributed by atoms with Gasteiger partial charge in [0, 0.05) is 24.1 Å². The minimum absolute atomic E-state index is 0.00580. The Labute approximate surface area is 200 Å². The van der Waals surface area contributed by atoms with E-state index in [2.05, 4.69) is 4.98 Å². The molecule has 0 fully saturated rings. The number of benzene rings is 2. The third-order valence-corrected chi connectivity index (χ3v) is 7.29. The third-order valence-electron chi connectivity index (χ3n) is 6.37. The summed E-state index contributed by atoms with van der Waals surface area (Å²) in [6.45, 7) is 5.85. The minimum Gasteiger partial charge on any atom is -0.283 e. The fraction of sp³-hybridized carbons (Fsp3) is 0.208. The van der Waals surface area contributed by atoms with Gasteiger partial charge in [-0.25, -0.2) is 18.4 Å². The molecular weight excluding hydrogens is 468 g/mol. The number of nitrogens with zero attached hydrogens (tertiary/aromatic N) is 5. The van der Waals surface area contributed by atoms with Gasteiger partial charge in [0.2, 0.25) is 15.8 Å². The van der Waals surface area contributed by atoms with Crippen molar-refractivity contribution in [3.8, 4) is 5.69 Å². The van der Waals surface area contributed by atoms with Crippen LogP contribution >= 0.6 is 0 Å². The van der Waals surface area contributed by atoms with Gasteiger partial charge in [-0.15, -0.1) is 0 Å². The van der Waals surface area contributed by atoms with Gasteiger partial charge in [0.25, 0.3) is 5.56 Å². The summed E-state index contributed by atoms with van der Waals surface area (Å²) in [5.41, 5.74) is 3.82. The summed E-state index contributed by atoms with van der Waals surface area (Å²) < 4.78 is 29.5. The summed E-state index contributed by atoms with van der Waals surface area (Å²) in [7, 11) is -2.24. The van der Waals surface area contributed by atoms with Gasteiger partial charge in [-0.2, -0.15) is 4.98 Å². The molecule has 0 unspecified atom stereocenters. The minimum atomic E-state index is -3.83. The Kier molecular flexibility index (Phi) is 5.08. The SMILES string of the molecule is Cc1cccc(Cn2c(=O)c3c(nc4n(-c5ccc(S(N)(=O)=O)cc5)c(C)c(C)n34)n(C)c2=O)c1. The molecule has 180 valence electrons. The molecule has 0 amide bonds. The van der Waals surface area contributed by atoms with Crippen LogP contribution in [-0.4, -0.2) is 31.5 Å². The van der Waals surface area contributed by atoms with Gasteiger partial charge < -0.3 is 0 Å². The first kappa shape index (κ1) is 22.8. The van der Waals surface area contributed by atoms with Gasteiger partial charge in [0.1, 0.15) is 0 Å². The van der Waals surface area contributed by atoms with E-state index in [1.165, 1.54) is 21.3 Å². The number of hydrogen-bond donors (Lipinski definition) is 1. The van der Waals surface area contributed by atoms with Crippen molar-refractivity contribution in [2.45, 2.75) is 32.2 Å². The van der Waals surface area contributed by atoms with Crippen LogP contribution in [0.3, 0.4) is 0 Å². The second kappa shape index (κ2) is 7.79. The topological polar surface area (TPSA) is 126 Å². The Balaban J connectivity index is 1.79. The summed E-state index contributed by atoms with van der Waals surface area (Å²) in [4.78, 5) is 31.4. The van der Waals surface area contributed by atoms with Crippen molar-refractivity contribution in [2.24, 2.45) is 12.2 Å². The lowest BCUT2D eigenvalue weighted by Gasteiger charge is -2.09. The molecule has 5 rings (SSSR count). The van der Waals surface area contributed by atoms with Gasteiger partial charge >= 0.3 is 5.69 Å². The summed E-state index contributed by atoms with van der Waals surface area (Å²) in [5, 5.41) is 5.23. The molecule has 0 saturated carbocycles. The van der Waals surface area contributed by atoms with Gasteiger partial charge in [0.15, 0.2) is 11.2 Å². The molecule has 2 N–H and O–H groups in total. The Morgan fingerprint density at radius 1 is 0.971 bits per heavy atom. The summed E-state index contributed by atoms with van der Waals surface area (Å²) in [6, 6.07) is 13.8. The number of imidazole rings is 2. The van der Waals surface area contributed by atoms with E-state index in [1.807, 2.05) is 49.6 Å². The first-order chi connectivity index (χ1) is 16.5. The highest BCUT2D eigenvalue weighted by Gasteiger charge is 2.23. The largest absolute Gasteiger partial charge is 0.332 e. The van der Waals surface area contributed by atoms with Gasteiger partial charge in [0.05, 0.1) is 11.4 Å². The van der Waals surface area contributed by atoms with Crippen LogP contribution < -0.4 is 16.4 Å². The maximum atomic E-state index is 13.6. The zero-order valence-corrected chi connectivity index (χ0v) is 20.5. The van der Waals surface area contributed by atoms with E-state index in [1.54, 1.807) is 23.6 Å². The molecule has 11 heteroatoms. The number of aromatic nitrogens is 5. The Hall–Kier alpha value is -3.96. The molecule has 10 nitrogen and oxygen atoms in total. The van der Waals surface area contributed by atoms with Crippen molar-refractivity contribution in [3.05, 3.63) is 91.9 Å². The third kappa shape index (κ3) is 3.51. The Morgan fingerprint density at radius 3 is 2.29 bits per heavy atom. The molecule has 3 heterocycles. The molecule has 0 aliphatic carbocycles. The number of fused-ring (bicyclic) bond motifs is 3. The predicted molar refractivity (Wildman–Crippen MR) is 133 cm³/mol. The maximum Gasteiger partial charge on any atom is 0.332 e. The maximum absolute atomic E-state index is 13.6. The number of hydrogen-bond acceptors (Lipinski definition) is 5. The van der Waals surface area contributed by atoms with Crippen molar-refractivity contribution in [3.63, 3.8) is 0 Å². The van der Waals surface area contributed by atoms with Crippen LogP contribution in [0.4, 0.5) is 0 Å². The highest BCUT2D eigenvalue weighted by atomic mass is 32.2. The molecule has 5 aromatic rings. The summed E-state index contributed by atoms with van der Waals surface area (Å²) >= 11 is 0. The first-order valence-corrected chi connectivity index (χ1v) is 12.4. The number of rotatable bonds is 4. The number of primary sulfonamides is 1. The van der Waals surface area contributed by atoms with Crippen LogP contribution in [0.25, 0.3) is 22.6 Å². The van der Waals surface area contributed by atoms with Crippen LogP contribution in [0.1, 0.15) is 22.5 Å². The molecule has 0 spiro atoms. The van der Waals surface area contributed by atoms with E-state index in [-0.39, 0.29) is 17.1 Å². The summed E-state index contributed by atoms with van der Waals surface area (Å²) in [6.07, 6.45) is 0. The van der Waals surface area contributed by atoms with Crippen molar-refractivity contribution in [1.82, 2.24) is 23.1 Å². The molecule has 0 atom stereocenters. The van der Waals surface area contributed by atoms with Crippen LogP contribution in [0.5, 0.6) is 0 Å². The van der Waals surface area contributed by atoms with Crippen LogP contribution in [0.15, 0.2) is 63.0 Å². The van der Waals surface area contributed by atoms with Gasteiger partial charge in [-0.1, -0.05) is 29.8 Å². The van der Waals surface area contributed by atoms with E-state index in [4.69, 9.17) is 5.14 Å². The van der Waals surface area contributed by atoms with E-state index >= 15 is 0 Å². The monoisotopic (exact) mass is 492 g/mol. The van der Waals surface area contributed by atoms with Gasteiger partial charge in [-0.3, -0.25) is 22.9 Å². The van der Waals surface area contributed by atoms with Crippen molar-refractivity contribution < 1.29 is 8.42 Å². The zero-order valence-electron chi connectivity index (χ0n) is 19.7. The van der Waals surface area contributed by atoms with Crippen molar-refractivity contribution in [1.29, 1.82) is 0 Å². The second-order valence-electron chi connectivity index (χ2n) is 8.69. The van der Waals surface area contributed by atoms with E-state index < -0.39 is 21.3 Å². The Bertz CT molecular complexity index is 1870. The Morgan fingerprint density at radius 2 is 1.66 bits per heavy atom. The number of sulfonamides is 1. The number of nitrogens with two attached hydrogens (primary N) is 1. The number of aryl methyl sites for hydroxylation is 3. The molecule has 0 saturated heterocycles. The van der Waals surface area contributed by atoms with E-state index in [0.29, 0.717) is 17.0 Å². The smallest absolute Gasteiger partial charge is 0.283 e. The summed E-state index contributed by atoms with van der Waals surface area (Å²) in [5.74, 6) is 0.443. The molecule has 0 aliphatic heterocycles. The molecular formula is C24H24N6O4S. The molecule has 0 radical (unpaired) electrons. The molecule has 0 bridgehead atoms. The van der Waals surface area contributed by atoms with Crippen LogP contribution in [-0.2, 0) is 23.6 Å². The zero-order chi connectivity index (χ0) is 25.2. The predicted octanol–water partition coefficient (Wildman–Crippen LogP) is 1.76. The average molecular weight is 493 g/mol. The lowest BCUT2D eigenvalue weighted by atomic mass is 10.1. The highest BCUT2D eigenvalue weighted by molar-refractivity contribution is 7.89. The molecule has 3 aromatic heterocycles. The van der Waals surface area contributed by atoms with Crippen molar-refractivity contribution >= 4 is 27.0 Å². The van der Waals surface area contributed by atoms with Crippen LogP contribution in [0, 0.1) is 20.8 Å². The van der Waals surface area contributed by atoms with Crippen LogP contribution in [0.2, 0.25) is 0 Å². The lowest BCUT2D eigenvalue weighted by Crippen LogP contribution is -2.39. The fourth-order valence-corrected chi connectivity index (χ4v) is 4.99. The average Bonchev–Trinajstić information content (AvgIpc) is 3.30. The van der Waals surface area contributed by atoms with Gasteiger partial charge in [-0.05, 0) is 50.6 Å². The normalized spacial score (nSPS) is 12.1. The molecule has 35 heavy (non-hydrogen) atoms. The quantitative estimate of drug-likeness (QED) is 0.409.